The molecular weight excluding hydrogens is 308 g/mol. The number of nitrogens with two attached hydrogens (primary N) is 1. The average Bonchev–Trinajstić information content (AvgIpc) is 2.52. The van der Waals surface area contributed by atoms with Crippen LogP contribution in [0.15, 0.2) is 42.5 Å². The smallest absolute Gasteiger partial charge is 0.248 e. The molecule has 0 unspecified atom stereocenters. The third-order valence-electron chi connectivity index (χ3n) is 3.75. The van der Waals surface area contributed by atoms with E-state index in [4.69, 9.17) is 17.3 Å². The highest BCUT2D eigenvalue weighted by Gasteiger charge is 2.07. The quantitative estimate of drug-likeness (QED) is 0.746. The number of nitrogens with one attached hydrogen (secondary N) is 1. The van der Waals surface area contributed by atoms with E-state index in [1.807, 2.05) is 18.2 Å². The van der Waals surface area contributed by atoms with Crippen molar-refractivity contribution in [2.45, 2.75) is 26.8 Å². The van der Waals surface area contributed by atoms with Gasteiger partial charge in [-0.1, -0.05) is 55.8 Å². The molecule has 2 aromatic rings. The van der Waals surface area contributed by atoms with Gasteiger partial charge >= 0.3 is 0 Å². The SMILES string of the molecule is CC(C)CCNCc1ccc(-c2ccc(C(N)=O)cc2Cl)cc1. The summed E-state index contributed by atoms with van der Waals surface area (Å²) in [6, 6.07) is 13.4. The number of carbonyl (C=O) groups excluding carboxylic acids is 1. The molecule has 3 nitrogen and oxygen atoms in total. The first-order chi connectivity index (χ1) is 11.0. The van der Waals surface area contributed by atoms with Gasteiger partial charge in [-0.3, -0.25) is 4.79 Å². The summed E-state index contributed by atoms with van der Waals surface area (Å²) in [5.74, 6) is 0.247. The van der Waals surface area contributed by atoms with Crippen molar-refractivity contribution in [2.24, 2.45) is 11.7 Å². The molecule has 2 aromatic carbocycles. The first-order valence-electron chi connectivity index (χ1n) is 7.86. The van der Waals surface area contributed by atoms with Gasteiger partial charge in [-0.15, -0.1) is 0 Å². The Labute approximate surface area is 142 Å². The first-order valence-corrected chi connectivity index (χ1v) is 8.24. The molecule has 23 heavy (non-hydrogen) atoms. The van der Waals surface area contributed by atoms with Gasteiger partial charge in [-0.2, -0.15) is 0 Å². The molecule has 0 aliphatic rings. The molecule has 1 amide bonds. The van der Waals surface area contributed by atoms with Gasteiger partial charge in [0.2, 0.25) is 5.91 Å². The molecule has 0 aromatic heterocycles. The highest BCUT2D eigenvalue weighted by molar-refractivity contribution is 6.33. The van der Waals surface area contributed by atoms with Crippen LogP contribution in [-0.4, -0.2) is 12.5 Å². The third-order valence-corrected chi connectivity index (χ3v) is 4.06. The van der Waals surface area contributed by atoms with Gasteiger partial charge in [-0.05, 0) is 42.1 Å². The predicted octanol–water partition coefficient (Wildman–Crippen LogP) is 4.24. The molecule has 0 aliphatic heterocycles. The minimum atomic E-state index is -0.471. The zero-order valence-corrected chi connectivity index (χ0v) is 14.4. The summed E-state index contributed by atoms with van der Waals surface area (Å²) in [4.78, 5) is 11.2. The van der Waals surface area contributed by atoms with Gasteiger partial charge in [0.1, 0.15) is 0 Å². The maximum Gasteiger partial charge on any atom is 0.248 e. The second kappa shape index (κ2) is 8.14. The Morgan fingerprint density at radius 2 is 1.87 bits per heavy atom. The molecule has 0 atom stereocenters. The van der Waals surface area contributed by atoms with Gasteiger partial charge in [0, 0.05) is 22.7 Å². The topological polar surface area (TPSA) is 55.1 Å². The Balaban J connectivity index is 2.03. The lowest BCUT2D eigenvalue weighted by atomic mass is 10.0. The summed E-state index contributed by atoms with van der Waals surface area (Å²) < 4.78 is 0. The summed E-state index contributed by atoms with van der Waals surface area (Å²) in [5.41, 5.74) is 8.85. The van der Waals surface area contributed by atoms with Crippen LogP contribution in [0.4, 0.5) is 0 Å². The number of hydrogen-bond donors (Lipinski definition) is 2. The van der Waals surface area contributed by atoms with Crippen LogP contribution in [-0.2, 0) is 6.54 Å². The predicted molar refractivity (Wildman–Crippen MR) is 96.6 cm³/mol. The van der Waals surface area contributed by atoms with Gasteiger partial charge in [0.15, 0.2) is 0 Å². The average molecular weight is 331 g/mol. The number of benzene rings is 2. The van der Waals surface area contributed by atoms with Crippen molar-refractivity contribution < 1.29 is 4.79 Å². The largest absolute Gasteiger partial charge is 0.366 e. The standard InChI is InChI=1S/C19H23ClN2O/c1-13(2)9-10-22-12-14-3-5-15(6-4-14)17-8-7-16(19(21)23)11-18(17)20/h3-8,11,13,22H,9-10,12H2,1-2H3,(H2,21,23). The van der Waals surface area contributed by atoms with Crippen molar-refractivity contribution in [3.63, 3.8) is 0 Å². The fourth-order valence-corrected chi connectivity index (χ4v) is 2.62. The molecule has 0 bridgehead atoms. The zero-order valence-electron chi connectivity index (χ0n) is 13.6. The van der Waals surface area contributed by atoms with E-state index in [-0.39, 0.29) is 0 Å². The molecule has 0 aliphatic carbocycles. The highest BCUT2D eigenvalue weighted by Crippen LogP contribution is 2.29. The molecule has 0 saturated carbocycles. The molecule has 0 saturated heterocycles. The van der Waals surface area contributed by atoms with E-state index in [1.54, 1.807) is 12.1 Å². The van der Waals surface area contributed by atoms with Crippen molar-refractivity contribution in [1.29, 1.82) is 0 Å². The number of carbonyl (C=O) groups is 1. The van der Waals surface area contributed by atoms with Crippen LogP contribution < -0.4 is 11.1 Å². The molecule has 2 rings (SSSR count). The Hall–Kier alpha value is -1.84. The molecule has 3 N–H and O–H groups in total. The number of hydrogen-bond acceptors (Lipinski definition) is 2. The highest BCUT2D eigenvalue weighted by atomic mass is 35.5. The van der Waals surface area contributed by atoms with Crippen LogP contribution in [0.5, 0.6) is 0 Å². The van der Waals surface area contributed by atoms with Crippen LogP contribution in [0.3, 0.4) is 0 Å². The molecule has 0 radical (unpaired) electrons. The van der Waals surface area contributed by atoms with Crippen molar-refractivity contribution in [2.75, 3.05) is 6.54 Å². The van der Waals surface area contributed by atoms with Gasteiger partial charge < -0.3 is 11.1 Å². The summed E-state index contributed by atoms with van der Waals surface area (Å²) >= 11 is 6.26. The third kappa shape index (κ3) is 5.08. The van der Waals surface area contributed by atoms with Gasteiger partial charge in [0.05, 0.1) is 0 Å². The normalized spacial score (nSPS) is 11.0. The van der Waals surface area contributed by atoms with Gasteiger partial charge in [-0.25, -0.2) is 0 Å². The summed E-state index contributed by atoms with van der Waals surface area (Å²) in [6.45, 7) is 6.34. The van der Waals surface area contributed by atoms with Gasteiger partial charge in [0.25, 0.3) is 0 Å². The lowest BCUT2D eigenvalue weighted by Gasteiger charge is -2.09. The van der Waals surface area contributed by atoms with Crippen LogP contribution >= 0.6 is 11.6 Å². The molecule has 0 fully saturated rings. The molecule has 0 spiro atoms. The van der Waals surface area contributed by atoms with E-state index >= 15 is 0 Å². The van der Waals surface area contributed by atoms with E-state index in [9.17, 15) is 4.79 Å². The molecule has 4 heteroatoms. The molecule has 0 heterocycles. The molecule has 122 valence electrons. The summed E-state index contributed by atoms with van der Waals surface area (Å²) in [6.07, 6.45) is 1.18. The zero-order chi connectivity index (χ0) is 16.8. The van der Waals surface area contributed by atoms with E-state index < -0.39 is 5.91 Å². The Morgan fingerprint density at radius 1 is 1.17 bits per heavy atom. The maximum atomic E-state index is 11.2. The number of primary amides is 1. The number of halogens is 1. The first kappa shape index (κ1) is 17.5. The lowest BCUT2D eigenvalue weighted by molar-refractivity contribution is 0.100. The lowest BCUT2D eigenvalue weighted by Crippen LogP contribution is -2.16. The molecular formula is C19H23ClN2O. The van der Waals surface area contributed by atoms with Crippen molar-refractivity contribution in [3.05, 3.63) is 58.6 Å². The van der Waals surface area contributed by atoms with Crippen LogP contribution in [0.2, 0.25) is 5.02 Å². The van der Waals surface area contributed by atoms with E-state index in [2.05, 4.69) is 31.3 Å². The van der Waals surface area contributed by atoms with Crippen LogP contribution in [0.25, 0.3) is 11.1 Å². The minimum Gasteiger partial charge on any atom is -0.366 e. The Kier molecular flexibility index (Phi) is 6.20. The van der Waals surface area contributed by atoms with Crippen LogP contribution in [0.1, 0.15) is 36.2 Å². The maximum absolute atomic E-state index is 11.2. The second-order valence-corrected chi connectivity index (χ2v) is 6.52. The fraction of sp³-hybridized carbons (Fsp3) is 0.316. The Morgan fingerprint density at radius 3 is 2.43 bits per heavy atom. The van der Waals surface area contributed by atoms with E-state index in [0.717, 1.165) is 30.1 Å². The van der Waals surface area contributed by atoms with E-state index in [1.165, 1.54) is 12.0 Å². The fourth-order valence-electron chi connectivity index (χ4n) is 2.33. The minimum absolute atomic E-state index is 0.421. The Bertz CT molecular complexity index is 666. The van der Waals surface area contributed by atoms with Crippen molar-refractivity contribution >= 4 is 17.5 Å². The van der Waals surface area contributed by atoms with E-state index in [0.29, 0.717) is 10.6 Å². The summed E-state index contributed by atoms with van der Waals surface area (Å²) in [5, 5.41) is 3.98. The number of amides is 1. The number of rotatable bonds is 7. The monoisotopic (exact) mass is 330 g/mol. The summed E-state index contributed by atoms with van der Waals surface area (Å²) in [7, 11) is 0. The second-order valence-electron chi connectivity index (χ2n) is 6.12. The van der Waals surface area contributed by atoms with Crippen molar-refractivity contribution in [1.82, 2.24) is 5.32 Å². The van der Waals surface area contributed by atoms with Crippen LogP contribution in [0, 0.1) is 5.92 Å². The van der Waals surface area contributed by atoms with Crippen molar-refractivity contribution in [3.8, 4) is 11.1 Å².